The smallest absolute Gasteiger partial charge is 0.214 e. The highest BCUT2D eigenvalue weighted by Crippen LogP contribution is 2.48. The minimum absolute atomic E-state index is 0.256. The van der Waals surface area contributed by atoms with E-state index in [0.717, 1.165) is 17.0 Å². The van der Waals surface area contributed by atoms with Gasteiger partial charge in [-0.3, -0.25) is 9.97 Å². The molecule has 0 saturated heterocycles. The van der Waals surface area contributed by atoms with Crippen LogP contribution in [0.3, 0.4) is 0 Å². The van der Waals surface area contributed by atoms with Crippen LogP contribution in [-0.2, 0) is 5.66 Å². The van der Waals surface area contributed by atoms with Crippen molar-refractivity contribution >= 4 is 0 Å². The van der Waals surface area contributed by atoms with Crippen molar-refractivity contribution < 1.29 is 0 Å². The molecule has 0 aromatic carbocycles. The average Bonchev–Trinajstić information content (AvgIpc) is 3.08. The van der Waals surface area contributed by atoms with Gasteiger partial charge < -0.3 is 0 Å². The van der Waals surface area contributed by atoms with Gasteiger partial charge in [-0.05, 0) is 18.2 Å². The Kier molecular flexibility index (Phi) is 1.86. The van der Waals surface area contributed by atoms with Crippen LogP contribution in [0.1, 0.15) is 23.1 Å². The Labute approximate surface area is 103 Å². The van der Waals surface area contributed by atoms with Crippen molar-refractivity contribution in [1.82, 2.24) is 20.8 Å². The molecule has 6 nitrogen and oxygen atoms in total. The summed E-state index contributed by atoms with van der Waals surface area (Å²) in [4.78, 5) is 8.52. The monoisotopic (exact) mass is 238 g/mol. The number of hydrogen-bond donors (Lipinski definition) is 2. The molecular weight excluding hydrogens is 228 g/mol. The summed E-state index contributed by atoms with van der Waals surface area (Å²) >= 11 is 0. The van der Waals surface area contributed by atoms with E-state index < -0.39 is 5.66 Å². The van der Waals surface area contributed by atoms with Crippen LogP contribution in [0.4, 0.5) is 0 Å². The molecule has 4 rings (SSSR count). The molecular formula is C12H10N6. The van der Waals surface area contributed by atoms with E-state index in [-0.39, 0.29) is 6.17 Å². The molecule has 0 bridgehead atoms. The highest BCUT2D eigenvalue weighted by Gasteiger charge is 2.55. The summed E-state index contributed by atoms with van der Waals surface area (Å²) in [6.07, 6.45) is 3.24. The molecule has 88 valence electrons. The first-order chi connectivity index (χ1) is 8.90. The SMILES string of the molecule is c1ccc(C2N=NC3(NN2)c2cccnc23)nc1. The van der Waals surface area contributed by atoms with Gasteiger partial charge in [0, 0.05) is 18.0 Å². The first-order valence-corrected chi connectivity index (χ1v) is 5.72. The lowest BCUT2D eigenvalue weighted by molar-refractivity contribution is 0.288. The van der Waals surface area contributed by atoms with E-state index in [0.29, 0.717) is 0 Å². The van der Waals surface area contributed by atoms with Gasteiger partial charge in [-0.25, -0.2) is 10.9 Å². The molecule has 0 amide bonds. The van der Waals surface area contributed by atoms with Crippen LogP contribution in [-0.4, -0.2) is 9.97 Å². The fraction of sp³-hybridized carbons (Fsp3) is 0.167. The van der Waals surface area contributed by atoms with Gasteiger partial charge in [-0.15, -0.1) is 0 Å². The Morgan fingerprint density at radius 2 is 2.00 bits per heavy atom. The van der Waals surface area contributed by atoms with E-state index in [1.807, 2.05) is 30.3 Å². The van der Waals surface area contributed by atoms with Gasteiger partial charge in [-0.1, -0.05) is 12.1 Å². The zero-order valence-corrected chi connectivity index (χ0v) is 9.41. The van der Waals surface area contributed by atoms with Crippen LogP contribution in [0.25, 0.3) is 0 Å². The zero-order chi connectivity index (χ0) is 12.0. The van der Waals surface area contributed by atoms with E-state index in [4.69, 9.17) is 0 Å². The maximum Gasteiger partial charge on any atom is 0.214 e. The number of hydrogen-bond acceptors (Lipinski definition) is 6. The summed E-state index contributed by atoms with van der Waals surface area (Å²) in [5, 5.41) is 8.63. The van der Waals surface area contributed by atoms with Crippen LogP contribution >= 0.6 is 0 Å². The Balaban J connectivity index is 1.63. The Hall–Kier alpha value is -2.18. The third-order valence-corrected chi connectivity index (χ3v) is 3.16. The topological polar surface area (TPSA) is 74.6 Å². The van der Waals surface area contributed by atoms with Gasteiger partial charge in [0.15, 0.2) is 6.17 Å². The van der Waals surface area contributed by atoms with Crippen molar-refractivity contribution in [2.75, 3.05) is 0 Å². The van der Waals surface area contributed by atoms with E-state index >= 15 is 0 Å². The van der Waals surface area contributed by atoms with Gasteiger partial charge in [0.25, 0.3) is 0 Å². The molecule has 1 spiro atoms. The number of azo groups is 1. The van der Waals surface area contributed by atoms with Gasteiger partial charge in [0.1, 0.15) is 0 Å². The minimum Gasteiger partial charge on any atom is -0.257 e. The van der Waals surface area contributed by atoms with Gasteiger partial charge in [0.2, 0.25) is 5.66 Å². The van der Waals surface area contributed by atoms with Crippen molar-refractivity contribution in [3.8, 4) is 0 Å². The predicted octanol–water partition coefficient (Wildman–Crippen LogP) is 1.25. The molecule has 2 N–H and O–H groups in total. The molecule has 0 fully saturated rings. The fourth-order valence-corrected chi connectivity index (χ4v) is 2.17. The molecule has 1 aliphatic heterocycles. The lowest BCUT2D eigenvalue weighted by Crippen LogP contribution is -2.45. The average molecular weight is 238 g/mol. The number of fused-ring (bicyclic) bond motifs is 3. The Bertz CT molecular complexity index is 600. The normalized spacial score (nSPS) is 28.1. The summed E-state index contributed by atoms with van der Waals surface area (Å²) in [6.45, 7) is 0. The molecule has 2 aromatic heterocycles. The maximum atomic E-state index is 4.35. The molecule has 0 radical (unpaired) electrons. The Morgan fingerprint density at radius 3 is 2.67 bits per heavy atom. The lowest BCUT2D eigenvalue weighted by atomic mass is 10.3. The first kappa shape index (κ1) is 9.81. The molecule has 2 unspecified atom stereocenters. The van der Waals surface area contributed by atoms with E-state index in [2.05, 4.69) is 31.0 Å². The summed E-state index contributed by atoms with van der Waals surface area (Å²) in [7, 11) is 0. The minimum atomic E-state index is -0.547. The molecule has 2 aliphatic rings. The van der Waals surface area contributed by atoms with Crippen molar-refractivity contribution in [2.45, 2.75) is 11.8 Å². The van der Waals surface area contributed by atoms with Crippen molar-refractivity contribution in [3.05, 3.63) is 59.7 Å². The molecule has 0 saturated carbocycles. The quantitative estimate of drug-likeness (QED) is 0.784. The highest BCUT2D eigenvalue weighted by atomic mass is 15.6. The van der Waals surface area contributed by atoms with Crippen LogP contribution in [0, 0.1) is 0 Å². The predicted molar refractivity (Wildman–Crippen MR) is 63.1 cm³/mol. The van der Waals surface area contributed by atoms with Gasteiger partial charge >= 0.3 is 0 Å². The lowest BCUT2D eigenvalue weighted by Gasteiger charge is -2.23. The molecule has 3 heterocycles. The van der Waals surface area contributed by atoms with Crippen LogP contribution in [0.5, 0.6) is 0 Å². The molecule has 18 heavy (non-hydrogen) atoms. The molecule has 2 aromatic rings. The van der Waals surface area contributed by atoms with E-state index in [1.165, 1.54) is 0 Å². The molecule has 2 atom stereocenters. The highest BCUT2D eigenvalue weighted by molar-refractivity contribution is 5.53. The van der Waals surface area contributed by atoms with Gasteiger partial charge in [-0.2, -0.15) is 10.2 Å². The third kappa shape index (κ3) is 1.24. The number of aromatic nitrogens is 2. The van der Waals surface area contributed by atoms with Crippen LogP contribution in [0.2, 0.25) is 0 Å². The third-order valence-electron chi connectivity index (χ3n) is 3.16. The Morgan fingerprint density at radius 1 is 1.06 bits per heavy atom. The van der Waals surface area contributed by atoms with Crippen molar-refractivity contribution in [2.24, 2.45) is 10.2 Å². The largest absolute Gasteiger partial charge is 0.257 e. The number of hydrazine groups is 1. The summed E-state index contributed by atoms with van der Waals surface area (Å²) < 4.78 is 0. The number of pyridine rings is 2. The second-order valence-corrected chi connectivity index (χ2v) is 4.25. The fourth-order valence-electron chi connectivity index (χ4n) is 2.17. The van der Waals surface area contributed by atoms with Crippen LogP contribution in [0.15, 0.2) is 53.0 Å². The van der Waals surface area contributed by atoms with E-state index in [1.54, 1.807) is 12.4 Å². The summed E-state index contributed by atoms with van der Waals surface area (Å²) in [5.74, 6) is 0. The van der Waals surface area contributed by atoms with Crippen LogP contribution < -0.4 is 10.9 Å². The first-order valence-electron chi connectivity index (χ1n) is 5.72. The van der Waals surface area contributed by atoms with Crippen molar-refractivity contribution in [3.63, 3.8) is 0 Å². The number of rotatable bonds is 1. The second-order valence-electron chi connectivity index (χ2n) is 4.25. The zero-order valence-electron chi connectivity index (χ0n) is 9.41. The maximum absolute atomic E-state index is 4.35. The molecule has 6 heteroatoms. The number of nitrogens with one attached hydrogen (secondary N) is 2. The summed E-state index contributed by atoms with van der Waals surface area (Å²) in [5.41, 5.74) is 8.58. The van der Waals surface area contributed by atoms with E-state index in [9.17, 15) is 0 Å². The summed E-state index contributed by atoms with van der Waals surface area (Å²) in [6, 6.07) is 9.61. The molecule has 1 aliphatic carbocycles. The standard InChI is InChI=1S/C12H10N6/c1-2-6-13-9(5-1)11-15-17-12(18-16-11)8-4-3-7-14-10(8)12/h1-7,11,15,17H. The number of nitrogens with zero attached hydrogens (tertiary/aromatic N) is 4. The second kappa shape index (κ2) is 3.41. The van der Waals surface area contributed by atoms with Crippen molar-refractivity contribution in [1.29, 1.82) is 0 Å². The van der Waals surface area contributed by atoms with Gasteiger partial charge in [0.05, 0.1) is 11.4 Å².